The van der Waals surface area contributed by atoms with Crippen molar-refractivity contribution in [2.45, 2.75) is 0 Å². The molecule has 0 saturated carbocycles. The van der Waals surface area contributed by atoms with Crippen LogP contribution in [0.4, 0.5) is 0 Å². The van der Waals surface area contributed by atoms with Crippen LogP contribution in [0.5, 0.6) is 0 Å². The molecule has 1 radical (unpaired) electrons. The Morgan fingerprint density at radius 1 is 1.00 bits per heavy atom. The molecule has 0 amide bonds. The maximum Gasteiger partial charge on any atom is 0.631 e. The van der Waals surface area contributed by atoms with Crippen molar-refractivity contribution in [2.24, 2.45) is 0 Å². The Bertz CT molecular complexity index is 11.6. The molecule has 0 bridgehead atoms. The zero-order valence-corrected chi connectivity index (χ0v) is 3.29. The molecule has 0 aliphatic carbocycles. The molecule has 0 saturated heterocycles. The van der Waals surface area contributed by atoms with Crippen molar-refractivity contribution in [3.63, 3.8) is 0 Å². The van der Waals surface area contributed by atoms with Crippen LogP contribution in [0.3, 0.4) is 0 Å². The molecule has 0 spiro atoms. The van der Waals surface area contributed by atoms with Gasteiger partial charge in [0, 0.05) is 16.8 Å². The quantitative estimate of drug-likeness (QED) is 0.323. The summed E-state index contributed by atoms with van der Waals surface area (Å²) in [5, 5.41) is 21.5. The van der Waals surface area contributed by atoms with Gasteiger partial charge in [-0.05, 0) is 0 Å². The zero-order valence-electron chi connectivity index (χ0n) is 2.25. The van der Waals surface area contributed by atoms with Gasteiger partial charge >= 0.3 is 7.32 Å². The molecular weight excluding hydrogens is 118 g/mol. The zero-order chi connectivity index (χ0) is 3.58. The normalized spacial score (nSPS) is 5.40. The van der Waals surface area contributed by atoms with Gasteiger partial charge in [0.25, 0.3) is 0 Å². The molecule has 0 aromatic heterocycles. The third-order valence-corrected chi connectivity index (χ3v) is 0. The van der Waals surface area contributed by atoms with Crippen LogP contribution in [0.25, 0.3) is 0 Å². The molecule has 0 heterocycles. The van der Waals surface area contributed by atoms with Gasteiger partial charge in [-0.3, -0.25) is 0 Å². The molecule has 0 unspecified atom stereocenters. The fourth-order valence-corrected chi connectivity index (χ4v) is 0. The predicted molar refractivity (Wildman–Crippen MR) is 12.4 cm³/mol. The summed E-state index contributed by atoms with van der Waals surface area (Å²) >= 11 is 0. The molecule has 3 N–H and O–H groups in total. The minimum absolute atomic E-state index is 0. The van der Waals surface area contributed by atoms with Gasteiger partial charge < -0.3 is 15.1 Å². The maximum atomic E-state index is 7.17. The van der Waals surface area contributed by atoms with Gasteiger partial charge in [0.1, 0.15) is 0 Å². The first-order valence-electron chi connectivity index (χ1n) is 0.775. The summed E-state index contributed by atoms with van der Waals surface area (Å²) < 4.78 is 0. The van der Waals surface area contributed by atoms with Crippen molar-refractivity contribution in [3.05, 3.63) is 0 Å². The molecule has 0 aromatic rings. The van der Waals surface area contributed by atoms with Crippen molar-refractivity contribution in [1.29, 1.82) is 0 Å². The first kappa shape index (κ1) is 9.07. The van der Waals surface area contributed by atoms with Gasteiger partial charge in [0.2, 0.25) is 0 Å². The molecule has 3 nitrogen and oxygen atoms in total. The van der Waals surface area contributed by atoms with E-state index in [0.29, 0.717) is 0 Å². The van der Waals surface area contributed by atoms with Crippen LogP contribution < -0.4 is 0 Å². The minimum atomic E-state index is -2.17. The summed E-state index contributed by atoms with van der Waals surface area (Å²) in [7, 11) is -2.17. The largest absolute Gasteiger partial charge is 0.631 e. The van der Waals surface area contributed by atoms with Crippen molar-refractivity contribution >= 4 is 7.32 Å². The average Bonchev–Trinajstić information content (AvgIpc) is 0.811. The summed E-state index contributed by atoms with van der Waals surface area (Å²) in [5.41, 5.74) is 0. The monoisotopic (exact) mass is 121 g/mol. The Labute approximate surface area is 40.0 Å². The Morgan fingerprint density at radius 2 is 1.00 bits per heavy atom. The third kappa shape index (κ3) is 131. The topological polar surface area (TPSA) is 60.7 Å². The summed E-state index contributed by atoms with van der Waals surface area (Å²) in [5.74, 6) is 0. The average molecular weight is 121 g/mol. The van der Waals surface area contributed by atoms with E-state index in [1.165, 1.54) is 0 Å². The summed E-state index contributed by atoms with van der Waals surface area (Å²) in [6.07, 6.45) is 0. The van der Waals surface area contributed by atoms with Gasteiger partial charge in [0.15, 0.2) is 0 Å². The number of hydrogen-bond donors (Lipinski definition) is 3. The van der Waals surface area contributed by atoms with Crippen LogP contribution in [0, 0.1) is 0 Å². The fourth-order valence-electron chi connectivity index (χ4n) is 0. The summed E-state index contributed by atoms with van der Waals surface area (Å²) in [6, 6.07) is 0. The third-order valence-electron chi connectivity index (χ3n) is 0. The smallest absolute Gasteiger partial charge is 0.402 e. The van der Waals surface area contributed by atoms with Crippen LogP contribution in [-0.4, -0.2) is 22.4 Å². The molecule has 33 valence electrons. The van der Waals surface area contributed by atoms with E-state index in [2.05, 4.69) is 0 Å². The number of hydrogen-bond acceptors (Lipinski definition) is 3. The van der Waals surface area contributed by atoms with E-state index in [1.807, 2.05) is 0 Å². The second kappa shape index (κ2) is 4.45. The van der Waals surface area contributed by atoms with E-state index >= 15 is 0 Å². The van der Waals surface area contributed by atoms with E-state index in [1.54, 1.807) is 0 Å². The Hall–Kier alpha value is 0.451. The van der Waals surface area contributed by atoms with Crippen LogP contribution >= 0.6 is 0 Å². The van der Waals surface area contributed by atoms with Gasteiger partial charge in [-0.2, -0.15) is 0 Å². The van der Waals surface area contributed by atoms with Crippen LogP contribution in [-0.2, 0) is 16.8 Å². The van der Waals surface area contributed by atoms with E-state index < -0.39 is 7.32 Å². The molecule has 0 fully saturated rings. The Kier molecular flexibility index (Phi) is 8.07. The molecule has 5 heavy (non-hydrogen) atoms. The van der Waals surface area contributed by atoms with Crippen LogP contribution in [0.15, 0.2) is 0 Å². The molecular formula is H3BCoO3. The molecule has 5 heteroatoms. The molecule has 0 aliphatic rings. The molecule has 0 rings (SSSR count). The van der Waals surface area contributed by atoms with Crippen LogP contribution in [0.1, 0.15) is 0 Å². The van der Waals surface area contributed by atoms with E-state index in [-0.39, 0.29) is 16.8 Å². The van der Waals surface area contributed by atoms with Gasteiger partial charge in [-0.1, -0.05) is 0 Å². The van der Waals surface area contributed by atoms with E-state index in [0.717, 1.165) is 0 Å². The first-order valence-corrected chi connectivity index (χ1v) is 0.775. The second-order valence-electron chi connectivity index (χ2n) is 0.346. The first-order chi connectivity index (χ1) is 1.73. The van der Waals surface area contributed by atoms with Crippen molar-refractivity contribution in [2.75, 3.05) is 0 Å². The summed E-state index contributed by atoms with van der Waals surface area (Å²) in [4.78, 5) is 0. The van der Waals surface area contributed by atoms with Crippen molar-refractivity contribution in [1.82, 2.24) is 0 Å². The van der Waals surface area contributed by atoms with E-state index in [4.69, 9.17) is 15.1 Å². The SMILES string of the molecule is OB(O)O.[Co]. The van der Waals surface area contributed by atoms with Gasteiger partial charge in [-0.25, -0.2) is 0 Å². The maximum absolute atomic E-state index is 7.17. The van der Waals surface area contributed by atoms with Crippen LogP contribution in [0.2, 0.25) is 0 Å². The Balaban J connectivity index is 0. The predicted octanol–water partition coefficient (Wildman–Crippen LogP) is -2.05. The van der Waals surface area contributed by atoms with Crippen molar-refractivity contribution in [3.8, 4) is 0 Å². The minimum Gasteiger partial charge on any atom is -0.402 e. The molecule has 0 aromatic carbocycles. The summed E-state index contributed by atoms with van der Waals surface area (Å²) in [6.45, 7) is 0. The van der Waals surface area contributed by atoms with E-state index in [9.17, 15) is 0 Å². The standard InChI is InChI=1S/BH3O3.Co/c2-1(3)4;/h2-4H;. The molecule has 0 aliphatic heterocycles. The molecule has 0 atom stereocenters. The number of rotatable bonds is 0. The van der Waals surface area contributed by atoms with Crippen molar-refractivity contribution < 1.29 is 31.9 Å². The fraction of sp³-hybridized carbons (Fsp3) is 0. The van der Waals surface area contributed by atoms with Gasteiger partial charge in [-0.15, -0.1) is 0 Å². The Morgan fingerprint density at radius 3 is 1.00 bits per heavy atom. The van der Waals surface area contributed by atoms with Gasteiger partial charge in [0.05, 0.1) is 0 Å². The second-order valence-corrected chi connectivity index (χ2v) is 0.346.